The Morgan fingerprint density at radius 1 is 1.12 bits per heavy atom. The van der Waals surface area contributed by atoms with Crippen LogP contribution in [0.25, 0.3) is 0 Å². The molecule has 2 aromatic carbocycles. The average Bonchev–Trinajstić information content (AvgIpc) is 2.61. The molecule has 0 aromatic heterocycles. The fourth-order valence-corrected chi connectivity index (χ4v) is 1.75. The molecule has 0 bridgehead atoms. The number of para-hydroxylation sites is 1. The third-order valence-corrected chi connectivity index (χ3v) is 2.84. The number of nitro benzene ring substituents is 1. The molecule has 122 valence electrons. The maximum absolute atomic E-state index is 11.4. The SMILES string of the molecule is O=C(NOCC#Cc1ccccc1[N+](=O)[O-])OCc1ccccc1. The topological polar surface area (TPSA) is 90.7 Å². The first-order chi connectivity index (χ1) is 11.7. The second kappa shape index (κ2) is 8.92. The van der Waals surface area contributed by atoms with Gasteiger partial charge < -0.3 is 4.74 Å². The molecule has 0 saturated heterocycles. The first-order valence-electron chi connectivity index (χ1n) is 6.97. The fourth-order valence-electron chi connectivity index (χ4n) is 1.75. The number of benzene rings is 2. The van der Waals surface area contributed by atoms with Gasteiger partial charge in [-0.15, -0.1) is 0 Å². The van der Waals surface area contributed by atoms with Crippen LogP contribution in [0.15, 0.2) is 54.6 Å². The second-order valence-corrected chi connectivity index (χ2v) is 4.53. The predicted octanol–water partition coefficient (Wildman–Crippen LogP) is 2.80. The molecule has 0 aliphatic heterocycles. The van der Waals surface area contributed by atoms with E-state index in [1.165, 1.54) is 12.1 Å². The number of amides is 1. The van der Waals surface area contributed by atoms with Gasteiger partial charge >= 0.3 is 6.09 Å². The van der Waals surface area contributed by atoms with Crippen LogP contribution in [-0.2, 0) is 16.2 Å². The normalized spacial score (nSPS) is 9.50. The molecule has 24 heavy (non-hydrogen) atoms. The van der Waals surface area contributed by atoms with Gasteiger partial charge in [-0.25, -0.2) is 4.79 Å². The highest BCUT2D eigenvalue weighted by Crippen LogP contribution is 2.15. The van der Waals surface area contributed by atoms with E-state index >= 15 is 0 Å². The molecule has 0 radical (unpaired) electrons. The van der Waals surface area contributed by atoms with Crippen molar-refractivity contribution in [2.24, 2.45) is 0 Å². The van der Waals surface area contributed by atoms with Gasteiger partial charge in [-0.1, -0.05) is 54.3 Å². The van der Waals surface area contributed by atoms with Crippen molar-refractivity contribution in [2.75, 3.05) is 6.61 Å². The van der Waals surface area contributed by atoms with Crippen molar-refractivity contribution < 1.29 is 19.3 Å². The summed E-state index contributed by atoms with van der Waals surface area (Å²) < 4.78 is 4.93. The number of ether oxygens (including phenoxy) is 1. The van der Waals surface area contributed by atoms with Crippen LogP contribution >= 0.6 is 0 Å². The number of carbonyl (C=O) groups is 1. The molecule has 7 heteroatoms. The summed E-state index contributed by atoms with van der Waals surface area (Å²) in [4.78, 5) is 26.5. The average molecular weight is 326 g/mol. The molecule has 1 N–H and O–H groups in total. The van der Waals surface area contributed by atoms with Crippen LogP contribution in [0.2, 0.25) is 0 Å². The Morgan fingerprint density at radius 3 is 2.58 bits per heavy atom. The lowest BCUT2D eigenvalue weighted by Crippen LogP contribution is -2.24. The van der Waals surface area contributed by atoms with Gasteiger partial charge in [0.2, 0.25) is 0 Å². The molecule has 1 amide bonds. The smallest absolute Gasteiger partial charge is 0.431 e. The molecule has 0 atom stereocenters. The molecule has 2 aromatic rings. The quantitative estimate of drug-likeness (QED) is 0.395. The van der Waals surface area contributed by atoms with E-state index in [2.05, 4.69) is 17.3 Å². The molecule has 0 spiro atoms. The van der Waals surface area contributed by atoms with Crippen molar-refractivity contribution in [3.63, 3.8) is 0 Å². The van der Waals surface area contributed by atoms with Crippen LogP contribution in [0.3, 0.4) is 0 Å². The molecule has 0 aliphatic carbocycles. The van der Waals surface area contributed by atoms with Gasteiger partial charge in [0.25, 0.3) is 5.69 Å². The zero-order valence-corrected chi connectivity index (χ0v) is 12.6. The van der Waals surface area contributed by atoms with Gasteiger partial charge in [0.15, 0.2) is 0 Å². The minimum absolute atomic E-state index is 0.0831. The number of rotatable bonds is 5. The Labute approximate surface area is 138 Å². The zero-order valence-electron chi connectivity index (χ0n) is 12.6. The highest BCUT2D eigenvalue weighted by Gasteiger charge is 2.09. The van der Waals surface area contributed by atoms with Crippen molar-refractivity contribution in [1.82, 2.24) is 5.48 Å². The van der Waals surface area contributed by atoms with E-state index in [4.69, 9.17) is 9.57 Å². The largest absolute Gasteiger partial charge is 0.443 e. The maximum atomic E-state index is 11.4. The van der Waals surface area contributed by atoms with Crippen molar-refractivity contribution in [1.29, 1.82) is 0 Å². The van der Waals surface area contributed by atoms with Gasteiger partial charge in [-0.2, -0.15) is 5.48 Å². The standard InChI is InChI=1S/C17H14N2O5/c20-17(23-13-14-7-2-1-3-8-14)18-24-12-6-10-15-9-4-5-11-16(15)19(21)22/h1-5,7-9,11H,12-13H2,(H,18,20). The number of hydrogen-bond acceptors (Lipinski definition) is 5. The van der Waals surface area contributed by atoms with Crippen molar-refractivity contribution in [3.05, 3.63) is 75.8 Å². The van der Waals surface area contributed by atoms with Gasteiger partial charge in [0.05, 0.1) is 4.92 Å². The highest BCUT2D eigenvalue weighted by atomic mass is 16.7. The van der Waals surface area contributed by atoms with Gasteiger partial charge in [0, 0.05) is 6.07 Å². The van der Waals surface area contributed by atoms with Gasteiger partial charge in [0.1, 0.15) is 18.8 Å². The number of hydrogen-bond donors (Lipinski definition) is 1. The summed E-state index contributed by atoms with van der Waals surface area (Å²) in [5, 5.41) is 10.8. The summed E-state index contributed by atoms with van der Waals surface area (Å²) in [6.07, 6.45) is -0.744. The monoisotopic (exact) mass is 326 g/mol. The molecule has 0 fully saturated rings. The Balaban J connectivity index is 1.74. The van der Waals surface area contributed by atoms with Crippen LogP contribution in [0, 0.1) is 22.0 Å². The third kappa shape index (κ3) is 5.44. The minimum Gasteiger partial charge on any atom is -0.443 e. The molecule has 7 nitrogen and oxygen atoms in total. The number of nitrogens with zero attached hydrogens (tertiary/aromatic N) is 1. The van der Waals surface area contributed by atoms with E-state index in [-0.39, 0.29) is 24.5 Å². The van der Waals surface area contributed by atoms with Crippen LogP contribution in [0.1, 0.15) is 11.1 Å². The van der Waals surface area contributed by atoms with Crippen molar-refractivity contribution in [3.8, 4) is 11.8 Å². The summed E-state index contributed by atoms with van der Waals surface area (Å²) in [5.41, 5.74) is 3.12. The first-order valence-corrected chi connectivity index (χ1v) is 6.97. The third-order valence-electron chi connectivity index (χ3n) is 2.84. The molecule has 2 rings (SSSR count). The van der Waals surface area contributed by atoms with E-state index in [9.17, 15) is 14.9 Å². The summed E-state index contributed by atoms with van der Waals surface area (Å²) in [7, 11) is 0. The fraction of sp³-hybridized carbons (Fsp3) is 0.118. The lowest BCUT2D eigenvalue weighted by Gasteiger charge is -2.05. The summed E-state index contributed by atoms with van der Waals surface area (Å²) >= 11 is 0. The summed E-state index contributed by atoms with van der Waals surface area (Å²) in [6.45, 7) is -0.00952. The highest BCUT2D eigenvalue weighted by molar-refractivity contribution is 5.65. The maximum Gasteiger partial charge on any atom is 0.431 e. The van der Waals surface area contributed by atoms with Crippen molar-refractivity contribution in [2.45, 2.75) is 6.61 Å². The molecular weight excluding hydrogens is 312 g/mol. The number of hydroxylamine groups is 1. The van der Waals surface area contributed by atoms with Crippen LogP contribution < -0.4 is 5.48 Å². The lowest BCUT2D eigenvalue weighted by molar-refractivity contribution is -0.385. The zero-order chi connectivity index (χ0) is 17.2. The first kappa shape index (κ1) is 17.0. The Hall–Kier alpha value is -3.37. The number of nitrogens with one attached hydrogen (secondary N) is 1. The Bertz CT molecular complexity index is 765. The summed E-state index contributed by atoms with van der Waals surface area (Å²) in [5.74, 6) is 5.20. The van der Waals surface area contributed by atoms with Crippen LogP contribution in [-0.4, -0.2) is 17.6 Å². The van der Waals surface area contributed by atoms with E-state index in [0.29, 0.717) is 0 Å². The Morgan fingerprint density at radius 2 is 1.83 bits per heavy atom. The van der Waals surface area contributed by atoms with E-state index in [0.717, 1.165) is 5.56 Å². The molecule has 0 heterocycles. The van der Waals surface area contributed by atoms with Crippen LogP contribution in [0.4, 0.5) is 10.5 Å². The van der Waals surface area contributed by atoms with Gasteiger partial charge in [-0.3, -0.25) is 15.0 Å². The van der Waals surface area contributed by atoms with Crippen LogP contribution in [0.5, 0.6) is 0 Å². The summed E-state index contributed by atoms with van der Waals surface area (Å²) in [6, 6.07) is 15.3. The molecular formula is C17H14N2O5. The minimum atomic E-state index is -0.744. The number of carbonyl (C=O) groups excluding carboxylic acids is 1. The van der Waals surface area contributed by atoms with Gasteiger partial charge in [-0.05, 0) is 11.6 Å². The predicted molar refractivity (Wildman–Crippen MR) is 85.7 cm³/mol. The molecule has 0 unspecified atom stereocenters. The Kier molecular flexibility index (Phi) is 6.32. The lowest BCUT2D eigenvalue weighted by atomic mass is 10.2. The van der Waals surface area contributed by atoms with Crippen molar-refractivity contribution >= 4 is 11.8 Å². The molecule has 0 saturated carbocycles. The molecule has 0 aliphatic rings. The van der Waals surface area contributed by atoms with E-state index in [1.807, 2.05) is 30.3 Å². The number of nitro groups is 1. The van der Waals surface area contributed by atoms with E-state index < -0.39 is 11.0 Å². The van der Waals surface area contributed by atoms with E-state index in [1.54, 1.807) is 12.1 Å². The second-order valence-electron chi connectivity index (χ2n) is 4.53.